The summed E-state index contributed by atoms with van der Waals surface area (Å²) in [6.45, 7) is 4.14. The summed E-state index contributed by atoms with van der Waals surface area (Å²) in [7, 11) is -0.558. The van der Waals surface area contributed by atoms with Crippen molar-refractivity contribution in [2.75, 3.05) is 26.0 Å². The van der Waals surface area contributed by atoms with Gasteiger partial charge in [-0.2, -0.15) is 0 Å². The first-order valence-corrected chi connectivity index (χ1v) is 11.1. The largest absolute Gasteiger partial charge is 0.483 e. The van der Waals surface area contributed by atoms with E-state index in [0.717, 1.165) is 15.2 Å². The Kier molecular flexibility index (Phi) is 7.63. The number of nitrogens with zero attached hydrogens (tertiary/aromatic N) is 1. The van der Waals surface area contributed by atoms with Crippen molar-refractivity contribution in [1.29, 1.82) is 0 Å². The van der Waals surface area contributed by atoms with Crippen LogP contribution in [0.2, 0.25) is 0 Å². The van der Waals surface area contributed by atoms with Crippen LogP contribution in [0.3, 0.4) is 0 Å². The third-order valence-corrected chi connectivity index (χ3v) is 6.86. The Morgan fingerprint density at radius 2 is 1.82 bits per heavy atom. The van der Waals surface area contributed by atoms with E-state index in [9.17, 15) is 13.2 Å². The zero-order valence-electron chi connectivity index (χ0n) is 16.4. The molecule has 2 rings (SSSR count). The first kappa shape index (κ1) is 22.4. The number of rotatable bonds is 8. The Bertz CT molecular complexity index is 928. The van der Waals surface area contributed by atoms with Crippen molar-refractivity contribution < 1.29 is 17.9 Å². The van der Waals surface area contributed by atoms with E-state index in [2.05, 4.69) is 35.1 Å². The van der Waals surface area contributed by atoms with Crippen molar-refractivity contribution in [3.8, 4) is 5.75 Å². The lowest BCUT2D eigenvalue weighted by molar-refractivity contribution is -0.118. The third kappa shape index (κ3) is 5.56. The molecule has 0 fully saturated rings. The van der Waals surface area contributed by atoms with Gasteiger partial charge in [0.2, 0.25) is 10.0 Å². The van der Waals surface area contributed by atoms with Crippen molar-refractivity contribution in [2.45, 2.75) is 31.1 Å². The summed E-state index contributed by atoms with van der Waals surface area (Å²) in [4.78, 5) is 12.3. The summed E-state index contributed by atoms with van der Waals surface area (Å²) in [6.07, 6.45) is 1.05. The van der Waals surface area contributed by atoms with Crippen molar-refractivity contribution in [3.05, 3.63) is 52.5 Å². The molecule has 2 aromatic carbocycles. The Labute approximate surface area is 175 Å². The number of sulfonamides is 1. The number of amides is 1. The number of carbonyl (C=O) groups is 1. The van der Waals surface area contributed by atoms with Crippen molar-refractivity contribution in [2.24, 2.45) is 0 Å². The summed E-state index contributed by atoms with van der Waals surface area (Å²) < 4.78 is 31.6. The molecule has 0 aliphatic rings. The molecule has 1 atom stereocenters. The highest BCUT2D eigenvalue weighted by Crippen LogP contribution is 2.30. The highest BCUT2D eigenvalue weighted by atomic mass is 79.9. The van der Waals surface area contributed by atoms with Crippen molar-refractivity contribution in [1.82, 2.24) is 4.31 Å². The van der Waals surface area contributed by atoms with Gasteiger partial charge in [-0.1, -0.05) is 19.9 Å². The second-order valence-corrected chi connectivity index (χ2v) is 9.65. The fraction of sp³-hybridized carbons (Fsp3) is 0.350. The molecule has 28 heavy (non-hydrogen) atoms. The molecule has 8 heteroatoms. The molecule has 0 aromatic heterocycles. The van der Waals surface area contributed by atoms with Gasteiger partial charge in [0.25, 0.3) is 5.91 Å². The fourth-order valence-electron chi connectivity index (χ4n) is 2.44. The predicted octanol–water partition coefficient (Wildman–Crippen LogP) is 4.23. The van der Waals surface area contributed by atoms with E-state index in [-0.39, 0.29) is 17.4 Å². The first-order valence-electron chi connectivity index (χ1n) is 8.89. The monoisotopic (exact) mass is 468 g/mol. The molecule has 152 valence electrons. The van der Waals surface area contributed by atoms with Gasteiger partial charge in [-0.15, -0.1) is 0 Å². The van der Waals surface area contributed by atoms with Gasteiger partial charge in [0.15, 0.2) is 6.61 Å². The fourth-order valence-corrected chi connectivity index (χ4v) is 3.85. The SMILES string of the molecule is CCC(C)c1ccc(OCC(=O)Nc2ccc(S(=O)(=O)N(C)C)cc2)c(Br)c1. The number of hydrogen-bond donors (Lipinski definition) is 1. The summed E-state index contributed by atoms with van der Waals surface area (Å²) in [5, 5.41) is 2.69. The van der Waals surface area contributed by atoms with Crippen molar-refractivity contribution in [3.63, 3.8) is 0 Å². The van der Waals surface area contributed by atoms with Crippen LogP contribution in [0.15, 0.2) is 51.8 Å². The average Bonchev–Trinajstić information content (AvgIpc) is 2.66. The molecule has 0 bridgehead atoms. The molecule has 0 saturated carbocycles. The van der Waals surface area contributed by atoms with E-state index in [1.54, 1.807) is 12.1 Å². The number of ether oxygens (including phenoxy) is 1. The highest BCUT2D eigenvalue weighted by molar-refractivity contribution is 9.10. The van der Waals surface area contributed by atoms with Crippen LogP contribution in [-0.4, -0.2) is 39.3 Å². The lowest BCUT2D eigenvalue weighted by Crippen LogP contribution is -2.22. The zero-order valence-corrected chi connectivity index (χ0v) is 18.8. The van der Waals surface area contributed by atoms with Crippen LogP contribution < -0.4 is 10.1 Å². The van der Waals surface area contributed by atoms with Gasteiger partial charge in [0, 0.05) is 19.8 Å². The number of carbonyl (C=O) groups excluding carboxylic acids is 1. The summed E-state index contributed by atoms with van der Waals surface area (Å²) in [5.74, 6) is 0.712. The Balaban J connectivity index is 1.96. The van der Waals surface area contributed by atoms with Crippen molar-refractivity contribution >= 4 is 37.5 Å². The van der Waals surface area contributed by atoms with Crippen LogP contribution in [0.4, 0.5) is 5.69 Å². The minimum absolute atomic E-state index is 0.154. The molecule has 1 amide bonds. The third-order valence-electron chi connectivity index (χ3n) is 4.41. The Morgan fingerprint density at radius 1 is 1.18 bits per heavy atom. The second kappa shape index (κ2) is 9.54. The van der Waals surface area contributed by atoms with E-state index in [4.69, 9.17) is 4.74 Å². The number of nitrogens with one attached hydrogen (secondary N) is 1. The van der Waals surface area contributed by atoms with Gasteiger partial charge in [0.05, 0.1) is 9.37 Å². The lowest BCUT2D eigenvalue weighted by atomic mass is 9.99. The van der Waals surface area contributed by atoms with E-state index in [1.807, 2.05) is 18.2 Å². The molecule has 1 unspecified atom stereocenters. The quantitative estimate of drug-likeness (QED) is 0.628. The molecule has 0 spiro atoms. The topological polar surface area (TPSA) is 75.7 Å². The minimum Gasteiger partial charge on any atom is -0.483 e. The van der Waals surface area contributed by atoms with Gasteiger partial charge >= 0.3 is 0 Å². The normalized spacial score (nSPS) is 12.6. The molecule has 0 saturated heterocycles. The van der Waals surface area contributed by atoms with Crippen LogP contribution in [0, 0.1) is 0 Å². The smallest absolute Gasteiger partial charge is 0.262 e. The summed E-state index contributed by atoms with van der Waals surface area (Å²) in [6, 6.07) is 11.9. The van der Waals surface area contributed by atoms with Crippen LogP contribution in [0.1, 0.15) is 31.7 Å². The van der Waals surface area contributed by atoms with E-state index in [1.165, 1.54) is 31.8 Å². The standard InChI is InChI=1S/C20H25BrN2O4S/c1-5-14(2)15-6-11-19(18(21)12-15)27-13-20(24)22-16-7-9-17(10-8-16)28(25,26)23(3)4/h6-12,14H,5,13H2,1-4H3,(H,22,24). The zero-order chi connectivity index (χ0) is 20.9. The number of anilines is 1. The molecule has 0 aliphatic heterocycles. The van der Waals surface area contributed by atoms with E-state index >= 15 is 0 Å². The second-order valence-electron chi connectivity index (χ2n) is 6.65. The summed E-state index contributed by atoms with van der Waals surface area (Å²) in [5.41, 5.74) is 1.71. The summed E-state index contributed by atoms with van der Waals surface area (Å²) >= 11 is 3.48. The van der Waals surface area contributed by atoms with E-state index < -0.39 is 10.0 Å². The highest BCUT2D eigenvalue weighted by Gasteiger charge is 2.17. The number of hydrogen-bond acceptors (Lipinski definition) is 4. The first-order chi connectivity index (χ1) is 13.1. The number of halogens is 1. The maximum atomic E-state index is 12.1. The Hall–Kier alpha value is -1.90. The maximum absolute atomic E-state index is 12.1. The maximum Gasteiger partial charge on any atom is 0.262 e. The van der Waals surface area contributed by atoms with Gasteiger partial charge in [-0.25, -0.2) is 12.7 Å². The molecule has 0 radical (unpaired) electrons. The molecule has 2 aromatic rings. The van der Waals surface area contributed by atoms with Crippen LogP contribution in [0.25, 0.3) is 0 Å². The molecule has 0 heterocycles. The molecule has 1 N–H and O–H groups in total. The van der Waals surface area contributed by atoms with Gasteiger partial charge in [-0.3, -0.25) is 4.79 Å². The molecule has 0 aliphatic carbocycles. The molecular weight excluding hydrogens is 444 g/mol. The molecule has 6 nitrogen and oxygen atoms in total. The van der Waals surface area contributed by atoms with Gasteiger partial charge in [0.1, 0.15) is 5.75 Å². The van der Waals surface area contributed by atoms with Crippen LogP contribution >= 0.6 is 15.9 Å². The predicted molar refractivity (Wildman–Crippen MR) is 114 cm³/mol. The Morgan fingerprint density at radius 3 is 2.36 bits per heavy atom. The minimum atomic E-state index is -3.49. The number of benzene rings is 2. The average molecular weight is 469 g/mol. The van der Waals surface area contributed by atoms with Gasteiger partial charge < -0.3 is 10.1 Å². The van der Waals surface area contributed by atoms with E-state index in [0.29, 0.717) is 17.4 Å². The lowest BCUT2D eigenvalue weighted by Gasteiger charge is -2.13. The van der Waals surface area contributed by atoms with Gasteiger partial charge in [-0.05, 0) is 70.2 Å². The van der Waals surface area contributed by atoms with Crippen LogP contribution in [0.5, 0.6) is 5.75 Å². The van der Waals surface area contributed by atoms with Crippen LogP contribution in [-0.2, 0) is 14.8 Å². The molecular formula is C20H25BrN2O4S.